The number of nitrogens with two attached hydrogens (primary N) is 1. The van der Waals surface area contributed by atoms with Crippen molar-refractivity contribution in [2.45, 2.75) is 25.8 Å². The van der Waals surface area contributed by atoms with Gasteiger partial charge >= 0.3 is 0 Å². The first-order valence-corrected chi connectivity index (χ1v) is 6.13. The Labute approximate surface area is 103 Å². The first kappa shape index (κ1) is 12.4. The highest BCUT2D eigenvalue weighted by Gasteiger charge is 2.44. The number of benzene rings is 1. The first-order chi connectivity index (χ1) is 8.17. The molecule has 94 valence electrons. The predicted molar refractivity (Wildman–Crippen MR) is 68.1 cm³/mol. The van der Waals surface area contributed by atoms with E-state index in [0.29, 0.717) is 13.2 Å². The Morgan fingerprint density at radius 1 is 1.29 bits per heavy atom. The van der Waals surface area contributed by atoms with Crippen molar-refractivity contribution in [3.05, 3.63) is 29.8 Å². The lowest BCUT2D eigenvalue weighted by molar-refractivity contribution is 0.145. The Kier molecular flexibility index (Phi) is 3.69. The normalized spacial score (nSPS) is 18.8. The molecule has 0 amide bonds. The number of rotatable bonds is 6. The molecule has 17 heavy (non-hydrogen) atoms. The quantitative estimate of drug-likeness (QED) is 0.770. The molecule has 0 saturated heterocycles. The Morgan fingerprint density at radius 2 is 2.00 bits per heavy atom. The van der Waals surface area contributed by atoms with E-state index in [1.165, 1.54) is 12.8 Å². The highest BCUT2D eigenvalue weighted by Crippen LogP contribution is 2.54. The maximum atomic E-state index is 6.33. The SMILES string of the molecule is COCCOc1ccccc1C(N)C1(C)CC1. The largest absolute Gasteiger partial charge is 0.491 e. The molecule has 1 unspecified atom stereocenters. The molecule has 0 aromatic heterocycles. The van der Waals surface area contributed by atoms with E-state index in [4.69, 9.17) is 15.2 Å². The molecule has 1 fully saturated rings. The van der Waals surface area contributed by atoms with Gasteiger partial charge in [-0.15, -0.1) is 0 Å². The van der Waals surface area contributed by atoms with Crippen LogP contribution in [0, 0.1) is 5.41 Å². The van der Waals surface area contributed by atoms with Gasteiger partial charge < -0.3 is 15.2 Å². The summed E-state index contributed by atoms with van der Waals surface area (Å²) in [7, 11) is 1.67. The van der Waals surface area contributed by atoms with Gasteiger partial charge in [0.2, 0.25) is 0 Å². The molecule has 0 aliphatic heterocycles. The van der Waals surface area contributed by atoms with Gasteiger partial charge in [0.15, 0.2) is 0 Å². The molecule has 0 heterocycles. The third kappa shape index (κ3) is 2.79. The zero-order valence-corrected chi connectivity index (χ0v) is 10.6. The van der Waals surface area contributed by atoms with Gasteiger partial charge in [-0.05, 0) is 24.3 Å². The van der Waals surface area contributed by atoms with Crippen molar-refractivity contribution < 1.29 is 9.47 Å². The molecule has 2 rings (SSSR count). The maximum absolute atomic E-state index is 6.33. The summed E-state index contributed by atoms with van der Waals surface area (Å²) in [5.41, 5.74) is 7.71. The average molecular weight is 235 g/mol. The van der Waals surface area contributed by atoms with Crippen LogP contribution in [-0.4, -0.2) is 20.3 Å². The summed E-state index contributed by atoms with van der Waals surface area (Å²) < 4.78 is 10.7. The van der Waals surface area contributed by atoms with Crippen LogP contribution < -0.4 is 10.5 Å². The molecule has 0 bridgehead atoms. The van der Waals surface area contributed by atoms with Crippen LogP contribution in [0.5, 0.6) is 5.75 Å². The minimum absolute atomic E-state index is 0.0706. The molecule has 3 nitrogen and oxygen atoms in total. The second-order valence-corrected chi connectivity index (χ2v) is 5.01. The number of ether oxygens (including phenoxy) is 2. The molecule has 1 aliphatic rings. The summed E-state index contributed by atoms with van der Waals surface area (Å²) in [6.07, 6.45) is 2.42. The summed E-state index contributed by atoms with van der Waals surface area (Å²) in [5.74, 6) is 0.894. The Balaban J connectivity index is 2.10. The number of hydrogen-bond acceptors (Lipinski definition) is 3. The van der Waals surface area contributed by atoms with Crippen molar-refractivity contribution in [2.24, 2.45) is 11.1 Å². The van der Waals surface area contributed by atoms with E-state index >= 15 is 0 Å². The zero-order valence-electron chi connectivity index (χ0n) is 10.6. The van der Waals surface area contributed by atoms with E-state index in [2.05, 4.69) is 13.0 Å². The second kappa shape index (κ2) is 5.07. The van der Waals surface area contributed by atoms with Crippen LogP contribution in [0.3, 0.4) is 0 Å². The Morgan fingerprint density at radius 3 is 2.65 bits per heavy atom. The lowest BCUT2D eigenvalue weighted by Crippen LogP contribution is -2.21. The Bertz CT molecular complexity index is 374. The third-order valence-corrected chi connectivity index (χ3v) is 3.59. The molecule has 1 aromatic rings. The van der Waals surface area contributed by atoms with Gasteiger partial charge in [0.05, 0.1) is 6.61 Å². The van der Waals surface area contributed by atoms with Crippen LogP contribution >= 0.6 is 0 Å². The zero-order chi connectivity index (χ0) is 12.3. The van der Waals surface area contributed by atoms with Crippen molar-refractivity contribution >= 4 is 0 Å². The van der Waals surface area contributed by atoms with Crippen molar-refractivity contribution in [3.8, 4) is 5.75 Å². The molecular weight excluding hydrogens is 214 g/mol. The van der Waals surface area contributed by atoms with Crippen molar-refractivity contribution in [1.82, 2.24) is 0 Å². The third-order valence-electron chi connectivity index (χ3n) is 3.59. The fraction of sp³-hybridized carbons (Fsp3) is 0.571. The monoisotopic (exact) mass is 235 g/mol. The van der Waals surface area contributed by atoms with Crippen LogP contribution in [0.2, 0.25) is 0 Å². The highest BCUT2D eigenvalue weighted by atomic mass is 16.5. The van der Waals surface area contributed by atoms with Crippen molar-refractivity contribution in [1.29, 1.82) is 0 Å². The lowest BCUT2D eigenvalue weighted by Gasteiger charge is -2.22. The summed E-state index contributed by atoms with van der Waals surface area (Å²) in [6, 6.07) is 8.12. The molecule has 0 spiro atoms. The molecular formula is C14H21NO2. The van der Waals surface area contributed by atoms with Crippen molar-refractivity contribution in [3.63, 3.8) is 0 Å². The second-order valence-electron chi connectivity index (χ2n) is 5.01. The molecule has 1 saturated carbocycles. The number of para-hydroxylation sites is 1. The number of hydrogen-bond donors (Lipinski definition) is 1. The highest BCUT2D eigenvalue weighted by molar-refractivity contribution is 5.37. The molecule has 2 N–H and O–H groups in total. The van der Waals surface area contributed by atoms with Gasteiger partial charge in [0.1, 0.15) is 12.4 Å². The lowest BCUT2D eigenvalue weighted by atomic mass is 9.92. The van der Waals surface area contributed by atoms with E-state index in [9.17, 15) is 0 Å². The summed E-state index contributed by atoms with van der Waals surface area (Å²) in [6.45, 7) is 3.40. The van der Waals surface area contributed by atoms with Gasteiger partial charge in [-0.2, -0.15) is 0 Å². The van der Waals surface area contributed by atoms with E-state index in [-0.39, 0.29) is 11.5 Å². The molecule has 1 aromatic carbocycles. The van der Waals surface area contributed by atoms with Gasteiger partial charge in [-0.1, -0.05) is 25.1 Å². The van der Waals surface area contributed by atoms with Crippen molar-refractivity contribution in [2.75, 3.05) is 20.3 Å². The maximum Gasteiger partial charge on any atom is 0.124 e. The average Bonchev–Trinajstić information content (AvgIpc) is 3.09. The molecule has 1 atom stereocenters. The minimum atomic E-state index is 0.0706. The smallest absolute Gasteiger partial charge is 0.124 e. The minimum Gasteiger partial charge on any atom is -0.491 e. The van der Waals surface area contributed by atoms with E-state index in [0.717, 1.165) is 11.3 Å². The van der Waals surface area contributed by atoms with E-state index in [1.807, 2.05) is 18.2 Å². The van der Waals surface area contributed by atoms with E-state index < -0.39 is 0 Å². The van der Waals surface area contributed by atoms with E-state index in [1.54, 1.807) is 7.11 Å². The van der Waals surface area contributed by atoms with Crippen LogP contribution in [0.15, 0.2) is 24.3 Å². The summed E-state index contributed by atoms with van der Waals surface area (Å²) in [4.78, 5) is 0. The standard InChI is InChI=1S/C14H21NO2/c1-14(7-8-14)13(15)11-5-3-4-6-12(11)17-10-9-16-2/h3-6,13H,7-10,15H2,1-2H3. The first-order valence-electron chi connectivity index (χ1n) is 6.13. The summed E-state index contributed by atoms with van der Waals surface area (Å²) in [5, 5.41) is 0. The molecule has 0 radical (unpaired) electrons. The topological polar surface area (TPSA) is 44.5 Å². The Hall–Kier alpha value is -1.06. The molecule has 3 heteroatoms. The van der Waals surface area contributed by atoms with Crippen LogP contribution in [-0.2, 0) is 4.74 Å². The molecule has 1 aliphatic carbocycles. The van der Waals surface area contributed by atoms with Gasteiger partial charge in [-0.3, -0.25) is 0 Å². The van der Waals surface area contributed by atoms with Crippen LogP contribution in [0.1, 0.15) is 31.4 Å². The number of methoxy groups -OCH3 is 1. The van der Waals surface area contributed by atoms with Gasteiger partial charge in [0.25, 0.3) is 0 Å². The van der Waals surface area contributed by atoms with Crippen LogP contribution in [0.25, 0.3) is 0 Å². The fourth-order valence-electron chi connectivity index (χ4n) is 1.99. The summed E-state index contributed by atoms with van der Waals surface area (Å²) >= 11 is 0. The van der Waals surface area contributed by atoms with Gasteiger partial charge in [-0.25, -0.2) is 0 Å². The van der Waals surface area contributed by atoms with Gasteiger partial charge in [0, 0.05) is 18.7 Å². The predicted octanol–water partition coefficient (Wildman–Crippen LogP) is 2.51. The van der Waals surface area contributed by atoms with Crippen LogP contribution in [0.4, 0.5) is 0 Å². The fourth-order valence-corrected chi connectivity index (χ4v) is 1.99.